The molecule has 0 spiro atoms. The number of sulfonamides is 1. The van der Waals surface area contributed by atoms with E-state index in [2.05, 4.69) is 0 Å². The molecule has 7 nitrogen and oxygen atoms in total. The molecule has 12 heteroatoms. The van der Waals surface area contributed by atoms with Gasteiger partial charge in [0.1, 0.15) is 4.90 Å². The van der Waals surface area contributed by atoms with Gasteiger partial charge in [0.2, 0.25) is 10.0 Å². The van der Waals surface area contributed by atoms with Gasteiger partial charge in [-0.3, -0.25) is 15.0 Å². The van der Waals surface area contributed by atoms with Gasteiger partial charge in [-0.25, -0.2) is 8.42 Å². The summed E-state index contributed by atoms with van der Waals surface area (Å²) in [5.41, 5.74) is -0.413. The summed E-state index contributed by atoms with van der Waals surface area (Å²) < 4.78 is 65.7. The maximum atomic E-state index is 13.0. The first-order chi connectivity index (χ1) is 14.0. The van der Waals surface area contributed by atoms with Crippen LogP contribution >= 0.6 is 11.6 Å². The zero-order valence-electron chi connectivity index (χ0n) is 15.5. The fourth-order valence-corrected chi connectivity index (χ4v) is 5.09. The van der Waals surface area contributed by atoms with Crippen molar-refractivity contribution in [2.24, 2.45) is 0 Å². The highest BCUT2D eigenvalue weighted by Crippen LogP contribution is 2.34. The Hall–Kier alpha value is -2.21. The fourth-order valence-electron chi connectivity index (χ4n) is 3.17. The summed E-state index contributed by atoms with van der Waals surface area (Å²) in [4.78, 5) is 11.7. The monoisotopic (exact) mass is 463 g/mol. The third-order valence-corrected chi connectivity index (χ3v) is 7.12. The third-order valence-electron chi connectivity index (χ3n) is 4.74. The molecule has 1 saturated heterocycles. The third kappa shape index (κ3) is 4.91. The van der Waals surface area contributed by atoms with Crippen molar-refractivity contribution in [3.63, 3.8) is 0 Å². The van der Waals surface area contributed by atoms with E-state index in [1.165, 1.54) is 12.1 Å². The molecule has 0 saturated carbocycles. The molecule has 162 valence electrons. The molecule has 0 radical (unpaired) electrons. The molecule has 0 bridgehead atoms. The maximum Gasteiger partial charge on any atom is 0.416 e. The first-order valence-corrected chi connectivity index (χ1v) is 10.6. The summed E-state index contributed by atoms with van der Waals surface area (Å²) in [5, 5.41) is 10.6. The average Bonchev–Trinajstić information content (AvgIpc) is 2.68. The van der Waals surface area contributed by atoms with Crippen LogP contribution in [0.25, 0.3) is 0 Å². The van der Waals surface area contributed by atoms with Gasteiger partial charge in [-0.1, -0.05) is 23.7 Å². The Morgan fingerprint density at radius 2 is 1.73 bits per heavy atom. The van der Waals surface area contributed by atoms with Crippen LogP contribution in [0.5, 0.6) is 0 Å². The number of piperazine rings is 1. The Labute approximate surface area is 175 Å². The molecule has 0 aliphatic carbocycles. The quantitative estimate of drug-likeness (QED) is 0.498. The first kappa shape index (κ1) is 22.5. The van der Waals surface area contributed by atoms with E-state index >= 15 is 0 Å². The maximum absolute atomic E-state index is 13.0. The predicted octanol–water partition coefficient (Wildman–Crippen LogP) is 3.77. The van der Waals surface area contributed by atoms with Gasteiger partial charge in [-0.15, -0.1) is 0 Å². The molecular weight excluding hydrogens is 447 g/mol. The zero-order valence-corrected chi connectivity index (χ0v) is 17.0. The van der Waals surface area contributed by atoms with E-state index in [9.17, 15) is 31.7 Å². The Balaban J connectivity index is 1.71. The normalized spacial score (nSPS) is 16.5. The first-order valence-electron chi connectivity index (χ1n) is 8.81. The molecule has 0 unspecified atom stereocenters. The molecule has 1 aliphatic heterocycles. The molecule has 2 aromatic rings. The number of alkyl halides is 3. The van der Waals surface area contributed by atoms with E-state index in [4.69, 9.17) is 11.6 Å². The molecule has 0 aromatic heterocycles. The second-order valence-corrected chi connectivity index (χ2v) is 9.06. The second-order valence-electron chi connectivity index (χ2n) is 6.75. The van der Waals surface area contributed by atoms with E-state index in [0.717, 1.165) is 16.4 Å². The van der Waals surface area contributed by atoms with Crippen LogP contribution in [0.4, 0.5) is 18.9 Å². The number of halogens is 4. The van der Waals surface area contributed by atoms with Gasteiger partial charge in [0.25, 0.3) is 5.69 Å². The Kier molecular flexibility index (Phi) is 6.37. The lowest BCUT2D eigenvalue weighted by atomic mass is 10.2. The highest BCUT2D eigenvalue weighted by Gasteiger charge is 2.35. The van der Waals surface area contributed by atoms with Crippen molar-refractivity contribution in [3.8, 4) is 0 Å². The van der Waals surface area contributed by atoms with Crippen LogP contribution in [0, 0.1) is 10.1 Å². The van der Waals surface area contributed by atoms with Gasteiger partial charge >= 0.3 is 6.18 Å². The molecule has 1 heterocycles. The highest BCUT2D eigenvalue weighted by atomic mass is 35.5. The summed E-state index contributed by atoms with van der Waals surface area (Å²) in [6, 6.07) is 8.35. The van der Waals surface area contributed by atoms with Crippen molar-refractivity contribution in [2.75, 3.05) is 26.2 Å². The van der Waals surface area contributed by atoms with E-state index in [-0.39, 0.29) is 23.8 Å². The number of nitro benzene ring substituents is 1. The van der Waals surface area contributed by atoms with Crippen molar-refractivity contribution < 1.29 is 26.5 Å². The van der Waals surface area contributed by atoms with Gasteiger partial charge in [-0.05, 0) is 23.8 Å². The lowest BCUT2D eigenvalue weighted by molar-refractivity contribution is -0.384. The highest BCUT2D eigenvalue weighted by molar-refractivity contribution is 7.89. The van der Waals surface area contributed by atoms with Gasteiger partial charge in [0, 0.05) is 44.9 Å². The summed E-state index contributed by atoms with van der Waals surface area (Å²) >= 11 is 5.89. The minimum absolute atomic E-state index is 0.0343. The van der Waals surface area contributed by atoms with Crippen LogP contribution < -0.4 is 0 Å². The number of benzene rings is 2. The smallest absolute Gasteiger partial charge is 0.296 e. The molecule has 1 fully saturated rings. The van der Waals surface area contributed by atoms with Crippen LogP contribution in [-0.4, -0.2) is 48.7 Å². The van der Waals surface area contributed by atoms with E-state index < -0.39 is 31.6 Å². The van der Waals surface area contributed by atoms with Crippen molar-refractivity contribution in [1.29, 1.82) is 0 Å². The summed E-state index contributed by atoms with van der Waals surface area (Å²) in [6.45, 7) is 1.14. The van der Waals surface area contributed by atoms with Crippen molar-refractivity contribution in [2.45, 2.75) is 17.6 Å². The number of rotatable bonds is 5. The van der Waals surface area contributed by atoms with Crippen LogP contribution in [-0.2, 0) is 22.7 Å². The summed E-state index contributed by atoms with van der Waals surface area (Å²) in [6.07, 6.45) is -4.69. The molecule has 1 aliphatic rings. The summed E-state index contributed by atoms with van der Waals surface area (Å²) in [7, 11) is -4.20. The fraction of sp³-hybridized carbons (Fsp3) is 0.333. The molecule has 3 rings (SSSR count). The van der Waals surface area contributed by atoms with E-state index in [1.54, 1.807) is 12.1 Å². The molecule has 30 heavy (non-hydrogen) atoms. The Morgan fingerprint density at radius 3 is 2.33 bits per heavy atom. The van der Waals surface area contributed by atoms with Crippen LogP contribution in [0.1, 0.15) is 11.1 Å². The molecule has 0 atom stereocenters. The van der Waals surface area contributed by atoms with Gasteiger partial charge < -0.3 is 0 Å². The second kappa shape index (κ2) is 8.50. The topological polar surface area (TPSA) is 83.8 Å². The number of nitrogens with zero attached hydrogens (tertiary/aromatic N) is 3. The molecule has 0 amide bonds. The summed E-state index contributed by atoms with van der Waals surface area (Å²) in [5.74, 6) is 0. The SMILES string of the molecule is O=[N+]([O-])c1cccc(CN2CCN(S(=O)(=O)c3cc(C(F)(F)F)ccc3Cl)CC2)c1. The number of hydrogen-bond acceptors (Lipinski definition) is 5. The Bertz CT molecular complexity index is 1050. The van der Waals surface area contributed by atoms with Crippen molar-refractivity contribution >= 4 is 27.3 Å². The van der Waals surface area contributed by atoms with Crippen molar-refractivity contribution in [3.05, 3.63) is 68.7 Å². The largest absolute Gasteiger partial charge is 0.416 e. The van der Waals surface area contributed by atoms with Gasteiger partial charge in [0.15, 0.2) is 0 Å². The zero-order chi connectivity index (χ0) is 22.1. The lowest BCUT2D eigenvalue weighted by Gasteiger charge is -2.34. The lowest BCUT2D eigenvalue weighted by Crippen LogP contribution is -2.48. The minimum atomic E-state index is -4.69. The number of non-ortho nitro benzene ring substituents is 1. The average molecular weight is 464 g/mol. The standard InChI is InChI=1S/C18H17ClF3N3O4S/c19-16-5-4-14(18(20,21)22)11-17(16)30(28,29)24-8-6-23(7-9-24)12-13-2-1-3-15(10-13)25(26)27/h1-5,10-11H,6-9,12H2. The van der Waals surface area contributed by atoms with Crippen LogP contribution in [0.2, 0.25) is 5.02 Å². The van der Waals surface area contributed by atoms with Crippen LogP contribution in [0.15, 0.2) is 47.4 Å². The number of hydrogen-bond donors (Lipinski definition) is 0. The molecule has 2 aromatic carbocycles. The van der Waals surface area contributed by atoms with E-state index in [0.29, 0.717) is 31.3 Å². The Morgan fingerprint density at radius 1 is 1.07 bits per heavy atom. The van der Waals surface area contributed by atoms with Crippen molar-refractivity contribution in [1.82, 2.24) is 9.21 Å². The predicted molar refractivity (Wildman–Crippen MR) is 104 cm³/mol. The van der Waals surface area contributed by atoms with Gasteiger partial charge in [-0.2, -0.15) is 17.5 Å². The van der Waals surface area contributed by atoms with Crippen LogP contribution in [0.3, 0.4) is 0 Å². The van der Waals surface area contributed by atoms with Gasteiger partial charge in [0.05, 0.1) is 15.5 Å². The molecular formula is C18H17ClF3N3O4S. The number of nitro groups is 1. The minimum Gasteiger partial charge on any atom is -0.296 e. The van der Waals surface area contributed by atoms with E-state index in [1.807, 2.05) is 4.90 Å². The molecule has 0 N–H and O–H groups in total.